The average molecular weight is 240 g/mol. The molecule has 0 fully saturated rings. The van der Waals surface area contributed by atoms with Gasteiger partial charge < -0.3 is 10.5 Å². The van der Waals surface area contributed by atoms with Gasteiger partial charge in [-0.3, -0.25) is 4.68 Å². The number of ether oxygens (including phenoxy) is 1. The van der Waals surface area contributed by atoms with Crippen LogP contribution in [0.5, 0.6) is 5.75 Å². The Morgan fingerprint density at radius 1 is 1.35 bits per heavy atom. The van der Waals surface area contributed by atoms with Crippen LogP contribution in [-0.4, -0.2) is 14.8 Å². The smallest absolute Gasteiger partial charge is 0.167 e. The van der Waals surface area contributed by atoms with Crippen LogP contribution in [0.15, 0.2) is 18.5 Å². The minimum absolute atomic E-state index is 0.00320. The SMILES string of the molecule is Cn1ncnc1COc1cc(F)c(N)cc1F. The first-order valence-corrected chi connectivity index (χ1v) is 4.78. The van der Waals surface area contributed by atoms with E-state index in [-0.39, 0.29) is 18.0 Å². The van der Waals surface area contributed by atoms with Crippen LogP contribution in [0.3, 0.4) is 0 Å². The van der Waals surface area contributed by atoms with E-state index in [1.807, 2.05) is 0 Å². The number of nitrogens with zero attached hydrogens (tertiary/aromatic N) is 3. The minimum atomic E-state index is -0.723. The van der Waals surface area contributed by atoms with E-state index in [9.17, 15) is 8.78 Å². The number of rotatable bonds is 3. The Morgan fingerprint density at radius 3 is 2.76 bits per heavy atom. The predicted molar refractivity (Wildman–Crippen MR) is 56.1 cm³/mol. The molecule has 0 atom stereocenters. The fourth-order valence-electron chi connectivity index (χ4n) is 1.25. The van der Waals surface area contributed by atoms with Crippen molar-refractivity contribution in [2.75, 3.05) is 5.73 Å². The molecular weight excluding hydrogens is 230 g/mol. The Kier molecular flexibility index (Phi) is 2.90. The van der Waals surface area contributed by atoms with Gasteiger partial charge >= 0.3 is 0 Å². The second-order valence-electron chi connectivity index (χ2n) is 3.39. The van der Waals surface area contributed by atoms with Crippen LogP contribution in [0.4, 0.5) is 14.5 Å². The van der Waals surface area contributed by atoms with Crippen LogP contribution < -0.4 is 10.5 Å². The zero-order valence-corrected chi connectivity index (χ0v) is 9.02. The van der Waals surface area contributed by atoms with Gasteiger partial charge in [-0.05, 0) is 0 Å². The molecule has 2 rings (SSSR count). The van der Waals surface area contributed by atoms with Crippen molar-refractivity contribution in [2.45, 2.75) is 6.61 Å². The third-order valence-corrected chi connectivity index (χ3v) is 2.21. The van der Waals surface area contributed by atoms with E-state index in [4.69, 9.17) is 10.5 Å². The summed E-state index contributed by atoms with van der Waals surface area (Å²) in [4.78, 5) is 3.89. The molecule has 0 saturated carbocycles. The lowest BCUT2D eigenvalue weighted by atomic mass is 10.3. The summed E-state index contributed by atoms with van der Waals surface area (Å²) in [5.74, 6) is -1.15. The van der Waals surface area contributed by atoms with Gasteiger partial charge in [0, 0.05) is 19.2 Å². The van der Waals surface area contributed by atoms with Crippen LogP contribution in [0.2, 0.25) is 0 Å². The molecule has 0 spiro atoms. The molecule has 1 heterocycles. The van der Waals surface area contributed by atoms with Gasteiger partial charge in [0.15, 0.2) is 17.4 Å². The number of nitrogens with two attached hydrogens (primary N) is 1. The van der Waals surface area contributed by atoms with Gasteiger partial charge in [-0.15, -0.1) is 0 Å². The van der Waals surface area contributed by atoms with Crippen molar-refractivity contribution in [3.05, 3.63) is 35.9 Å². The highest BCUT2D eigenvalue weighted by Gasteiger charge is 2.10. The third kappa shape index (κ3) is 2.32. The molecule has 17 heavy (non-hydrogen) atoms. The molecular formula is C10H10F2N4O. The minimum Gasteiger partial charge on any atom is -0.482 e. The maximum Gasteiger partial charge on any atom is 0.167 e. The molecule has 0 aliphatic carbocycles. The van der Waals surface area contributed by atoms with Gasteiger partial charge in [-0.1, -0.05) is 0 Å². The van der Waals surface area contributed by atoms with Crippen molar-refractivity contribution >= 4 is 5.69 Å². The monoisotopic (exact) mass is 240 g/mol. The lowest BCUT2D eigenvalue weighted by Crippen LogP contribution is -2.06. The molecule has 0 saturated heterocycles. The summed E-state index contributed by atoms with van der Waals surface area (Å²) in [6.45, 7) is -0.00320. The van der Waals surface area contributed by atoms with Crippen LogP contribution in [0, 0.1) is 11.6 Å². The van der Waals surface area contributed by atoms with E-state index in [0.29, 0.717) is 5.82 Å². The van der Waals surface area contributed by atoms with Gasteiger partial charge in [-0.25, -0.2) is 13.8 Å². The zero-order valence-electron chi connectivity index (χ0n) is 9.02. The number of halogens is 2. The Balaban J connectivity index is 2.14. The summed E-state index contributed by atoms with van der Waals surface area (Å²) in [6.07, 6.45) is 1.35. The second kappa shape index (κ2) is 4.36. The van der Waals surface area contributed by atoms with Crippen LogP contribution >= 0.6 is 0 Å². The Bertz CT molecular complexity index is 541. The van der Waals surface area contributed by atoms with E-state index >= 15 is 0 Å². The van der Waals surface area contributed by atoms with Gasteiger partial charge in [0.25, 0.3) is 0 Å². The standard InChI is InChI=1S/C10H10F2N4O/c1-16-10(14-5-15-16)4-17-9-3-6(11)8(13)2-7(9)12/h2-3,5H,4,13H2,1H3. The maximum absolute atomic E-state index is 13.3. The Hall–Kier alpha value is -2.18. The Morgan fingerprint density at radius 2 is 2.12 bits per heavy atom. The highest BCUT2D eigenvalue weighted by molar-refractivity contribution is 5.44. The summed E-state index contributed by atoms with van der Waals surface area (Å²) < 4.78 is 33.0. The molecule has 0 unspecified atom stereocenters. The summed E-state index contributed by atoms with van der Waals surface area (Å²) >= 11 is 0. The van der Waals surface area contributed by atoms with Crippen LogP contribution in [-0.2, 0) is 13.7 Å². The van der Waals surface area contributed by atoms with Crippen molar-refractivity contribution in [1.29, 1.82) is 0 Å². The third-order valence-electron chi connectivity index (χ3n) is 2.21. The van der Waals surface area contributed by atoms with Gasteiger partial charge in [0.1, 0.15) is 18.8 Å². The topological polar surface area (TPSA) is 66.0 Å². The lowest BCUT2D eigenvalue weighted by Gasteiger charge is -2.07. The average Bonchev–Trinajstić information content (AvgIpc) is 2.68. The zero-order chi connectivity index (χ0) is 12.4. The maximum atomic E-state index is 13.3. The molecule has 90 valence electrons. The second-order valence-corrected chi connectivity index (χ2v) is 3.39. The predicted octanol–water partition coefficient (Wildman–Crippen LogP) is 1.25. The van der Waals surface area contributed by atoms with Crippen molar-refractivity contribution in [3.63, 3.8) is 0 Å². The number of hydrogen-bond donors (Lipinski definition) is 1. The quantitative estimate of drug-likeness (QED) is 0.820. The van der Waals surface area contributed by atoms with Gasteiger partial charge in [0.2, 0.25) is 0 Å². The first kappa shape index (κ1) is 11.3. The molecule has 0 radical (unpaired) electrons. The number of nitrogen functional groups attached to an aromatic ring is 1. The molecule has 0 aliphatic heterocycles. The summed E-state index contributed by atoms with van der Waals surface area (Å²) in [6, 6.07) is 1.78. The molecule has 0 amide bonds. The molecule has 1 aromatic heterocycles. The number of benzene rings is 1. The van der Waals surface area contributed by atoms with E-state index in [1.54, 1.807) is 7.05 Å². The lowest BCUT2D eigenvalue weighted by molar-refractivity contribution is 0.274. The molecule has 2 aromatic rings. The van der Waals surface area contributed by atoms with Gasteiger partial charge in [0.05, 0.1) is 5.69 Å². The summed E-state index contributed by atoms with van der Waals surface area (Å²) in [5, 5.41) is 3.82. The fraction of sp³-hybridized carbons (Fsp3) is 0.200. The van der Waals surface area contributed by atoms with E-state index < -0.39 is 11.6 Å². The fourth-order valence-corrected chi connectivity index (χ4v) is 1.25. The highest BCUT2D eigenvalue weighted by Crippen LogP contribution is 2.23. The van der Waals surface area contributed by atoms with Crippen molar-refractivity contribution in [2.24, 2.45) is 7.05 Å². The highest BCUT2D eigenvalue weighted by atomic mass is 19.1. The number of aryl methyl sites for hydroxylation is 1. The molecule has 0 aliphatic rings. The number of anilines is 1. The van der Waals surface area contributed by atoms with E-state index in [2.05, 4.69) is 10.1 Å². The normalized spacial score (nSPS) is 10.5. The van der Waals surface area contributed by atoms with Crippen molar-refractivity contribution in [1.82, 2.24) is 14.8 Å². The molecule has 7 heteroatoms. The van der Waals surface area contributed by atoms with Crippen LogP contribution in [0.25, 0.3) is 0 Å². The molecule has 2 N–H and O–H groups in total. The molecule has 5 nitrogen and oxygen atoms in total. The molecule has 1 aromatic carbocycles. The van der Waals surface area contributed by atoms with Crippen molar-refractivity contribution < 1.29 is 13.5 Å². The van der Waals surface area contributed by atoms with E-state index in [0.717, 1.165) is 12.1 Å². The van der Waals surface area contributed by atoms with Gasteiger partial charge in [-0.2, -0.15) is 5.10 Å². The Labute approximate surface area is 95.8 Å². The first-order chi connectivity index (χ1) is 8.08. The summed E-state index contributed by atoms with van der Waals surface area (Å²) in [5.41, 5.74) is 4.95. The summed E-state index contributed by atoms with van der Waals surface area (Å²) in [7, 11) is 1.67. The van der Waals surface area contributed by atoms with Crippen LogP contribution in [0.1, 0.15) is 5.82 Å². The molecule has 0 bridgehead atoms. The van der Waals surface area contributed by atoms with Crippen molar-refractivity contribution in [3.8, 4) is 5.75 Å². The largest absolute Gasteiger partial charge is 0.482 e. The number of aromatic nitrogens is 3. The first-order valence-electron chi connectivity index (χ1n) is 4.78. The number of hydrogen-bond acceptors (Lipinski definition) is 4. The van der Waals surface area contributed by atoms with E-state index in [1.165, 1.54) is 11.0 Å².